The zero-order valence-electron chi connectivity index (χ0n) is 8.98. The first-order valence-electron chi connectivity index (χ1n) is 5.69. The normalized spacial score (nSPS) is 21.0. The van der Waals surface area contributed by atoms with Crippen molar-refractivity contribution in [2.45, 2.75) is 37.3 Å². The smallest absolute Gasteiger partial charge is 0.235 e. The highest BCUT2D eigenvalue weighted by atomic mass is 16.5. The third-order valence-electron chi connectivity index (χ3n) is 3.18. The van der Waals surface area contributed by atoms with E-state index in [9.17, 15) is 4.79 Å². The molecule has 0 aliphatic heterocycles. The van der Waals surface area contributed by atoms with E-state index in [1.54, 1.807) is 6.08 Å². The van der Waals surface area contributed by atoms with Gasteiger partial charge in [-0.25, -0.2) is 4.79 Å². The number of isocyanates is 1. The zero-order valence-corrected chi connectivity index (χ0v) is 8.98. The minimum atomic E-state index is -0.287. The third-order valence-corrected chi connectivity index (χ3v) is 3.18. The van der Waals surface area contributed by atoms with Gasteiger partial charge in [-0.1, -0.05) is 12.1 Å². The first kappa shape index (κ1) is 9.61. The van der Waals surface area contributed by atoms with Crippen molar-refractivity contribution in [1.82, 2.24) is 0 Å². The van der Waals surface area contributed by atoms with Gasteiger partial charge in [0.25, 0.3) is 0 Å². The van der Waals surface area contributed by atoms with Crippen molar-refractivity contribution >= 4 is 6.08 Å². The molecule has 0 N–H and O–H groups in total. The fraction of sp³-hybridized carbons (Fsp3) is 0.462. The number of hydrogen-bond acceptors (Lipinski definition) is 3. The van der Waals surface area contributed by atoms with Gasteiger partial charge in [0, 0.05) is 0 Å². The Hall–Kier alpha value is -1.60. The van der Waals surface area contributed by atoms with E-state index >= 15 is 0 Å². The molecule has 3 rings (SSSR count). The molecule has 16 heavy (non-hydrogen) atoms. The van der Waals surface area contributed by atoms with Crippen LogP contribution in [0.15, 0.2) is 29.3 Å². The van der Waals surface area contributed by atoms with E-state index in [1.165, 1.54) is 0 Å². The van der Waals surface area contributed by atoms with Crippen LogP contribution < -0.4 is 4.74 Å². The molecule has 0 aromatic heterocycles. The van der Waals surface area contributed by atoms with Crippen LogP contribution in [-0.2, 0) is 10.3 Å². The molecular formula is C13H13NO2. The summed E-state index contributed by atoms with van der Waals surface area (Å²) in [5, 5.41) is 0. The van der Waals surface area contributed by atoms with E-state index in [0.29, 0.717) is 6.10 Å². The molecule has 0 amide bonds. The van der Waals surface area contributed by atoms with Crippen molar-refractivity contribution in [3.63, 3.8) is 0 Å². The molecule has 2 aliphatic carbocycles. The van der Waals surface area contributed by atoms with Gasteiger partial charge < -0.3 is 4.74 Å². The maximum Gasteiger partial charge on any atom is 0.235 e. The van der Waals surface area contributed by atoms with Gasteiger partial charge in [0.2, 0.25) is 6.08 Å². The first-order chi connectivity index (χ1) is 7.82. The molecule has 0 unspecified atom stereocenters. The number of rotatable bonds is 4. The van der Waals surface area contributed by atoms with E-state index < -0.39 is 0 Å². The van der Waals surface area contributed by atoms with Crippen molar-refractivity contribution in [3.8, 4) is 5.75 Å². The van der Waals surface area contributed by atoms with Crippen molar-refractivity contribution in [3.05, 3.63) is 29.8 Å². The van der Waals surface area contributed by atoms with Gasteiger partial charge in [-0.2, -0.15) is 4.99 Å². The summed E-state index contributed by atoms with van der Waals surface area (Å²) in [6.45, 7) is 0. The van der Waals surface area contributed by atoms with Gasteiger partial charge in [-0.05, 0) is 43.4 Å². The van der Waals surface area contributed by atoms with Crippen LogP contribution in [0, 0.1) is 0 Å². The largest absolute Gasteiger partial charge is 0.490 e. The number of nitrogens with zero attached hydrogens (tertiary/aromatic N) is 1. The average molecular weight is 215 g/mol. The molecule has 0 atom stereocenters. The Balaban J connectivity index is 1.86. The first-order valence-corrected chi connectivity index (χ1v) is 5.69. The average Bonchev–Trinajstić information content (AvgIpc) is 3.15. The molecule has 0 spiro atoms. The highest BCUT2D eigenvalue weighted by molar-refractivity contribution is 5.43. The summed E-state index contributed by atoms with van der Waals surface area (Å²) < 4.78 is 5.73. The summed E-state index contributed by atoms with van der Waals surface area (Å²) >= 11 is 0. The fourth-order valence-corrected chi connectivity index (χ4v) is 1.91. The van der Waals surface area contributed by atoms with Crippen LogP contribution in [-0.4, -0.2) is 12.2 Å². The van der Waals surface area contributed by atoms with Crippen LogP contribution in [0.4, 0.5) is 0 Å². The molecule has 3 nitrogen and oxygen atoms in total. The van der Waals surface area contributed by atoms with Crippen LogP contribution in [0.25, 0.3) is 0 Å². The fourth-order valence-electron chi connectivity index (χ4n) is 1.91. The highest BCUT2D eigenvalue weighted by Crippen LogP contribution is 2.49. The minimum Gasteiger partial charge on any atom is -0.490 e. The van der Waals surface area contributed by atoms with Crippen LogP contribution in [0.3, 0.4) is 0 Å². The molecule has 1 aromatic rings. The quantitative estimate of drug-likeness (QED) is 0.572. The lowest BCUT2D eigenvalue weighted by atomic mass is 10.1. The summed E-state index contributed by atoms with van der Waals surface area (Å²) in [5.74, 6) is 0.896. The molecular weight excluding hydrogens is 202 g/mol. The standard InChI is InChI=1S/C13H13NO2/c15-9-14-13(6-7-13)10-2-1-3-12(8-10)16-11-4-5-11/h1-3,8,11H,4-7H2. The van der Waals surface area contributed by atoms with Crippen molar-refractivity contribution in [2.24, 2.45) is 4.99 Å². The molecule has 0 radical (unpaired) electrons. The summed E-state index contributed by atoms with van der Waals surface area (Å²) in [5.41, 5.74) is 0.791. The molecule has 0 bridgehead atoms. The molecule has 0 saturated heterocycles. The van der Waals surface area contributed by atoms with Crippen molar-refractivity contribution < 1.29 is 9.53 Å². The Morgan fingerprint density at radius 3 is 2.81 bits per heavy atom. The molecule has 2 aliphatic rings. The highest BCUT2D eigenvalue weighted by Gasteiger charge is 2.45. The van der Waals surface area contributed by atoms with E-state index in [1.807, 2.05) is 24.3 Å². The second-order valence-electron chi connectivity index (χ2n) is 4.58. The van der Waals surface area contributed by atoms with Gasteiger partial charge in [0.05, 0.1) is 11.6 Å². The topological polar surface area (TPSA) is 38.7 Å². The Morgan fingerprint density at radius 1 is 1.38 bits per heavy atom. The number of aliphatic imine (C=N–C) groups is 1. The molecule has 82 valence electrons. The van der Waals surface area contributed by atoms with Crippen LogP contribution in [0.5, 0.6) is 5.75 Å². The van der Waals surface area contributed by atoms with Crippen molar-refractivity contribution in [2.75, 3.05) is 0 Å². The van der Waals surface area contributed by atoms with E-state index in [-0.39, 0.29) is 5.54 Å². The van der Waals surface area contributed by atoms with Gasteiger partial charge in [0.15, 0.2) is 0 Å². The minimum absolute atomic E-state index is 0.287. The predicted octanol–water partition coefficient (Wildman–Crippen LogP) is 2.55. The van der Waals surface area contributed by atoms with E-state index in [2.05, 4.69) is 4.99 Å². The number of carbonyl (C=O) groups excluding carboxylic acids is 1. The number of hydrogen-bond donors (Lipinski definition) is 0. The van der Waals surface area contributed by atoms with Gasteiger partial charge in [0.1, 0.15) is 5.75 Å². The lowest BCUT2D eigenvalue weighted by Crippen LogP contribution is -2.03. The number of ether oxygens (including phenoxy) is 1. The predicted molar refractivity (Wildman–Crippen MR) is 59.1 cm³/mol. The Kier molecular flexibility index (Phi) is 2.08. The summed E-state index contributed by atoms with van der Waals surface area (Å²) in [6, 6.07) is 7.94. The van der Waals surface area contributed by atoms with Crippen LogP contribution in [0.2, 0.25) is 0 Å². The second kappa shape index (κ2) is 3.46. The summed E-state index contributed by atoms with van der Waals surface area (Å²) in [7, 11) is 0. The summed E-state index contributed by atoms with van der Waals surface area (Å²) in [4.78, 5) is 14.3. The monoisotopic (exact) mass is 215 g/mol. The van der Waals surface area contributed by atoms with E-state index in [0.717, 1.165) is 37.0 Å². The SMILES string of the molecule is O=C=NC1(c2cccc(OC3CC3)c2)CC1. The molecule has 1 aromatic carbocycles. The van der Waals surface area contributed by atoms with Gasteiger partial charge >= 0.3 is 0 Å². The van der Waals surface area contributed by atoms with Gasteiger partial charge in [-0.3, -0.25) is 0 Å². The number of benzene rings is 1. The Morgan fingerprint density at radius 2 is 2.19 bits per heavy atom. The maximum absolute atomic E-state index is 10.4. The Bertz CT molecular complexity index is 455. The molecule has 2 saturated carbocycles. The lowest BCUT2D eigenvalue weighted by Gasteiger charge is -2.10. The van der Waals surface area contributed by atoms with Crippen LogP contribution in [0.1, 0.15) is 31.2 Å². The summed E-state index contributed by atoms with van der Waals surface area (Å²) in [6.07, 6.45) is 6.27. The maximum atomic E-state index is 10.4. The third kappa shape index (κ3) is 1.74. The van der Waals surface area contributed by atoms with E-state index in [4.69, 9.17) is 4.74 Å². The Labute approximate surface area is 94.1 Å². The van der Waals surface area contributed by atoms with Crippen molar-refractivity contribution in [1.29, 1.82) is 0 Å². The molecule has 3 heteroatoms. The second-order valence-corrected chi connectivity index (χ2v) is 4.58. The zero-order chi connectivity index (χ0) is 11.0. The molecule has 0 heterocycles. The molecule has 2 fully saturated rings. The van der Waals surface area contributed by atoms with Gasteiger partial charge in [-0.15, -0.1) is 0 Å². The van der Waals surface area contributed by atoms with Crippen LogP contribution >= 0.6 is 0 Å². The lowest BCUT2D eigenvalue weighted by molar-refractivity contribution is 0.302.